The summed E-state index contributed by atoms with van der Waals surface area (Å²) >= 11 is 0. The normalized spacial score (nSPS) is 12.6. The van der Waals surface area contributed by atoms with E-state index in [0.29, 0.717) is 6.54 Å². The number of rotatable bonds is 5. The van der Waals surface area contributed by atoms with Crippen LogP contribution in [0.3, 0.4) is 0 Å². The molecule has 6 nitrogen and oxygen atoms in total. The first-order valence-corrected chi connectivity index (χ1v) is 6.70. The number of hydrogen-bond acceptors (Lipinski definition) is 4. The summed E-state index contributed by atoms with van der Waals surface area (Å²) in [6.45, 7) is 5.74. The summed E-state index contributed by atoms with van der Waals surface area (Å²) in [4.78, 5) is 22.2. The summed E-state index contributed by atoms with van der Waals surface area (Å²) in [5.74, 6) is -1.02. The molecule has 0 heterocycles. The highest BCUT2D eigenvalue weighted by atomic mass is 16.6. The standard InChI is InChI=1S/C15H22N2O4/c1-15(2,3)21-14(20)17-9-11-6-4-10(5-7-11)8-12(16)13(18)19/h4-7,12H,8-9,16H2,1-3H3,(H,17,20)(H,18,19). The molecule has 0 aliphatic carbocycles. The lowest BCUT2D eigenvalue weighted by molar-refractivity contribution is -0.138. The van der Waals surface area contributed by atoms with E-state index in [0.717, 1.165) is 11.1 Å². The topological polar surface area (TPSA) is 102 Å². The third kappa shape index (κ3) is 6.76. The fourth-order valence-corrected chi connectivity index (χ4v) is 1.62. The van der Waals surface area contributed by atoms with Gasteiger partial charge in [0.15, 0.2) is 0 Å². The summed E-state index contributed by atoms with van der Waals surface area (Å²) in [7, 11) is 0. The van der Waals surface area contributed by atoms with Crippen molar-refractivity contribution >= 4 is 12.1 Å². The Balaban J connectivity index is 2.48. The zero-order valence-corrected chi connectivity index (χ0v) is 12.6. The minimum atomic E-state index is -1.02. The van der Waals surface area contributed by atoms with Crippen LogP contribution in [0.15, 0.2) is 24.3 Å². The summed E-state index contributed by atoms with van der Waals surface area (Å²) in [6.07, 6.45) is -0.200. The molecule has 4 N–H and O–H groups in total. The molecule has 1 amide bonds. The van der Waals surface area contributed by atoms with Crippen LogP contribution < -0.4 is 11.1 Å². The Morgan fingerprint density at radius 2 is 1.76 bits per heavy atom. The zero-order chi connectivity index (χ0) is 16.0. The Morgan fingerprint density at radius 1 is 1.24 bits per heavy atom. The predicted molar refractivity (Wildman–Crippen MR) is 78.8 cm³/mol. The largest absolute Gasteiger partial charge is 0.480 e. The van der Waals surface area contributed by atoms with Crippen LogP contribution >= 0.6 is 0 Å². The number of alkyl carbamates (subject to hydrolysis) is 1. The number of carbonyl (C=O) groups excluding carboxylic acids is 1. The number of aliphatic carboxylic acids is 1. The molecule has 0 saturated heterocycles. The Hall–Kier alpha value is -2.08. The Morgan fingerprint density at radius 3 is 2.24 bits per heavy atom. The van der Waals surface area contributed by atoms with Gasteiger partial charge in [-0.15, -0.1) is 0 Å². The number of carbonyl (C=O) groups is 2. The quantitative estimate of drug-likeness (QED) is 0.766. The Labute approximate surface area is 124 Å². The SMILES string of the molecule is CC(C)(C)OC(=O)NCc1ccc(CC(N)C(=O)O)cc1. The average Bonchev–Trinajstić information content (AvgIpc) is 2.35. The summed E-state index contributed by atoms with van der Waals surface area (Å²) in [5, 5.41) is 11.4. The number of amides is 1. The van der Waals surface area contributed by atoms with Gasteiger partial charge in [0.05, 0.1) is 0 Å². The van der Waals surface area contributed by atoms with Crippen molar-refractivity contribution in [3.63, 3.8) is 0 Å². The number of carboxylic acids is 1. The smallest absolute Gasteiger partial charge is 0.407 e. The molecule has 116 valence electrons. The molecule has 0 radical (unpaired) electrons. The molecule has 21 heavy (non-hydrogen) atoms. The zero-order valence-electron chi connectivity index (χ0n) is 12.6. The van der Waals surface area contributed by atoms with Gasteiger partial charge in [-0.25, -0.2) is 4.79 Å². The first-order valence-electron chi connectivity index (χ1n) is 6.70. The molecule has 0 bridgehead atoms. The summed E-state index contributed by atoms with van der Waals surface area (Å²) in [5.41, 5.74) is 6.68. The van der Waals surface area contributed by atoms with Crippen LogP contribution in [0.5, 0.6) is 0 Å². The average molecular weight is 294 g/mol. The van der Waals surface area contributed by atoms with E-state index in [1.165, 1.54) is 0 Å². The van der Waals surface area contributed by atoms with Gasteiger partial charge in [0.2, 0.25) is 0 Å². The van der Waals surface area contributed by atoms with E-state index in [2.05, 4.69) is 5.32 Å². The highest BCUT2D eigenvalue weighted by Crippen LogP contribution is 2.09. The van der Waals surface area contributed by atoms with Crippen molar-refractivity contribution in [1.29, 1.82) is 0 Å². The number of nitrogens with one attached hydrogen (secondary N) is 1. The molecule has 0 saturated carbocycles. The second kappa shape index (κ2) is 7.08. The number of carboxylic acid groups (broad SMARTS) is 1. The van der Waals surface area contributed by atoms with Crippen molar-refractivity contribution in [2.75, 3.05) is 0 Å². The monoisotopic (exact) mass is 294 g/mol. The lowest BCUT2D eigenvalue weighted by atomic mass is 10.0. The van der Waals surface area contributed by atoms with Crippen LogP contribution in [0.4, 0.5) is 4.79 Å². The fraction of sp³-hybridized carbons (Fsp3) is 0.467. The van der Waals surface area contributed by atoms with E-state index in [9.17, 15) is 9.59 Å². The van der Waals surface area contributed by atoms with Crippen molar-refractivity contribution in [2.45, 2.75) is 45.4 Å². The van der Waals surface area contributed by atoms with Crippen molar-refractivity contribution in [3.05, 3.63) is 35.4 Å². The van der Waals surface area contributed by atoms with Gasteiger partial charge >= 0.3 is 12.1 Å². The summed E-state index contributed by atoms with van der Waals surface area (Å²) < 4.78 is 5.13. The van der Waals surface area contributed by atoms with Crippen molar-refractivity contribution in [2.24, 2.45) is 5.73 Å². The highest BCUT2D eigenvalue weighted by molar-refractivity contribution is 5.73. The molecule has 0 fully saturated rings. The van der Waals surface area contributed by atoms with Gasteiger partial charge in [-0.3, -0.25) is 4.79 Å². The predicted octanol–water partition coefficient (Wildman–Crippen LogP) is 1.67. The highest BCUT2D eigenvalue weighted by Gasteiger charge is 2.15. The number of ether oxygens (including phenoxy) is 1. The van der Waals surface area contributed by atoms with Gasteiger partial charge < -0.3 is 20.9 Å². The van der Waals surface area contributed by atoms with Gasteiger partial charge in [0.25, 0.3) is 0 Å². The van der Waals surface area contributed by atoms with Crippen molar-refractivity contribution < 1.29 is 19.4 Å². The number of nitrogens with two attached hydrogens (primary N) is 1. The minimum Gasteiger partial charge on any atom is -0.480 e. The van der Waals surface area contributed by atoms with Gasteiger partial charge in [0, 0.05) is 6.54 Å². The van der Waals surface area contributed by atoms with E-state index in [-0.39, 0.29) is 6.42 Å². The maximum absolute atomic E-state index is 11.5. The molecule has 1 aromatic rings. The Kier molecular flexibility index (Phi) is 5.72. The number of hydrogen-bond donors (Lipinski definition) is 3. The van der Waals surface area contributed by atoms with Crippen LogP contribution in [0, 0.1) is 0 Å². The van der Waals surface area contributed by atoms with Gasteiger partial charge in [-0.05, 0) is 38.3 Å². The van der Waals surface area contributed by atoms with Crippen molar-refractivity contribution in [1.82, 2.24) is 5.32 Å². The van der Waals surface area contributed by atoms with Crippen LogP contribution in [-0.2, 0) is 22.5 Å². The molecule has 1 aromatic carbocycles. The second-order valence-corrected chi connectivity index (χ2v) is 5.82. The first-order chi connectivity index (χ1) is 9.67. The van der Waals surface area contributed by atoms with Gasteiger partial charge in [-0.1, -0.05) is 24.3 Å². The molecular weight excluding hydrogens is 272 g/mol. The molecule has 0 spiro atoms. The fourth-order valence-electron chi connectivity index (χ4n) is 1.62. The molecule has 1 atom stereocenters. The molecule has 0 aromatic heterocycles. The number of benzene rings is 1. The van der Waals surface area contributed by atoms with E-state index in [4.69, 9.17) is 15.6 Å². The van der Waals surface area contributed by atoms with E-state index in [1.54, 1.807) is 32.9 Å². The molecular formula is C15H22N2O4. The summed E-state index contributed by atoms with van der Waals surface area (Å²) in [6, 6.07) is 6.34. The molecule has 6 heteroatoms. The minimum absolute atomic E-state index is 0.273. The van der Waals surface area contributed by atoms with E-state index in [1.807, 2.05) is 12.1 Å². The van der Waals surface area contributed by atoms with Crippen LogP contribution in [0.2, 0.25) is 0 Å². The second-order valence-electron chi connectivity index (χ2n) is 5.82. The maximum Gasteiger partial charge on any atom is 0.407 e. The van der Waals surface area contributed by atoms with Crippen LogP contribution in [0.25, 0.3) is 0 Å². The first kappa shape index (κ1) is 17.0. The third-order valence-corrected chi connectivity index (χ3v) is 2.63. The lowest BCUT2D eigenvalue weighted by Crippen LogP contribution is -2.32. The maximum atomic E-state index is 11.5. The molecule has 1 rings (SSSR count). The van der Waals surface area contributed by atoms with Gasteiger partial charge in [-0.2, -0.15) is 0 Å². The third-order valence-electron chi connectivity index (χ3n) is 2.63. The van der Waals surface area contributed by atoms with Crippen LogP contribution in [0.1, 0.15) is 31.9 Å². The molecule has 0 aliphatic rings. The van der Waals surface area contributed by atoms with E-state index < -0.39 is 23.7 Å². The van der Waals surface area contributed by atoms with Crippen LogP contribution in [-0.4, -0.2) is 28.8 Å². The molecule has 1 unspecified atom stereocenters. The van der Waals surface area contributed by atoms with Gasteiger partial charge in [0.1, 0.15) is 11.6 Å². The molecule has 0 aliphatic heterocycles. The van der Waals surface area contributed by atoms with Crippen molar-refractivity contribution in [3.8, 4) is 0 Å². The van der Waals surface area contributed by atoms with E-state index >= 15 is 0 Å². The Bertz CT molecular complexity index is 491. The lowest BCUT2D eigenvalue weighted by Gasteiger charge is -2.19.